The Bertz CT molecular complexity index is 95.7. The fourth-order valence-corrected chi connectivity index (χ4v) is 0.766. The minimum atomic E-state index is 0. The lowest BCUT2D eigenvalue weighted by atomic mass is 10.4. The van der Waals surface area contributed by atoms with Gasteiger partial charge in [-0.3, -0.25) is 4.79 Å². The second kappa shape index (κ2) is 5.50. The first-order valence-corrected chi connectivity index (χ1v) is 3.17. The molecule has 0 aromatic heterocycles. The summed E-state index contributed by atoms with van der Waals surface area (Å²) in [6.07, 6.45) is 1.81. The normalized spacial score (nSPS) is 9.90. The smallest absolute Gasteiger partial charge is 0.252 e. The molecule has 0 fully saturated rings. The number of halogens is 1. The third-order valence-corrected chi connectivity index (χ3v) is 1.18. The molecular weight excluding hydrogens is 152 g/mol. The van der Waals surface area contributed by atoms with Crippen molar-refractivity contribution in [2.24, 2.45) is 0 Å². The third kappa shape index (κ3) is 5.85. The zero-order chi connectivity index (χ0) is 7.33. The maximum absolute atomic E-state index is 9.97. The van der Waals surface area contributed by atoms with Crippen molar-refractivity contribution < 1.29 is 21.8 Å². The van der Waals surface area contributed by atoms with E-state index in [-0.39, 0.29) is 12.4 Å². The maximum atomic E-state index is 9.97. The average Bonchev–Trinajstić information content (AvgIpc) is 1.64. The Balaban J connectivity index is 0. The summed E-state index contributed by atoms with van der Waals surface area (Å²) in [6.45, 7) is 3.06. The van der Waals surface area contributed by atoms with Crippen molar-refractivity contribution in [2.75, 3.05) is 20.6 Å². The quantitative estimate of drug-likeness (QED) is 0.272. The number of nitrogens with zero attached hydrogens (tertiary/aromatic N) is 1. The highest BCUT2D eigenvalue weighted by atomic mass is 35.5. The molecule has 0 spiro atoms. The molecule has 0 rings (SSSR count). The van der Waals surface area contributed by atoms with E-state index >= 15 is 0 Å². The number of nitrogens with one attached hydrogen (secondary N) is 1. The average molecular weight is 167 g/mol. The number of amides is 1. The van der Waals surface area contributed by atoms with Gasteiger partial charge in [0, 0.05) is 0 Å². The summed E-state index contributed by atoms with van der Waals surface area (Å²) in [5.74, 6) is 0. The van der Waals surface area contributed by atoms with Gasteiger partial charge in [0.1, 0.15) is 6.54 Å². The van der Waals surface area contributed by atoms with Crippen LogP contribution in [0.15, 0.2) is 0 Å². The Morgan fingerprint density at radius 2 is 2.00 bits per heavy atom. The van der Waals surface area contributed by atoms with Gasteiger partial charge in [-0.05, 0) is 6.42 Å². The molecule has 0 saturated heterocycles. The van der Waals surface area contributed by atoms with Crippen molar-refractivity contribution in [3.05, 3.63) is 0 Å². The fraction of sp³-hybridized carbons (Fsp3) is 0.833. The monoisotopic (exact) mass is 166 g/mol. The Morgan fingerprint density at radius 1 is 1.50 bits per heavy atom. The molecule has 1 amide bonds. The van der Waals surface area contributed by atoms with Crippen LogP contribution in [0, 0.1) is 0 Å². The van der Waals surface area contributed by atoms with E-state index in [9.17, 15) is 4.79 Å². The van der Waals surface area contributed by atoms with E-state index in [4.69, 9.17) is 0 Å². The number of carbonyl (C=O) groups is 1. The highest BCUT2D eigenvalue weighted by molar-refractivity contribution is 5.43. The molecule has 0 saturated carbocycles. The van der Waals surface area contributed by atoms with Gasteiger partial charge in [-0.1, -0.05) is 6.92 Å². The van der Waals surface area contributed by atoms with Gasteiger partial charge in [0.05, 0.1) is 14.1 Å². The largest absolute Gasteiger partial charge is 1.00 e. The Morgan fingerprint density at radius 3 is 2.30 bits per heavy atom. The lowest BCUT2D eigenvalue weighted by Gasteiger charge is -2.25. The number of hydrogen-bond donors (Lipinski definition) is 1. The van der Waals surface area contributed by atoms with E-state index in [0.29, 0.717) is 4.59 Å². The summed E-state index contributed by atoms with van der Waals surface area (Å²) in [4.78, 5) is 9.97. The van der Waals surface area contributed by atoms with Gasteiger partial charge in [-0.2, -0.15) is 0 Å². The molecule has 1 N–H and O–H groups in total. The molecule has 0 bridgehead atoms. The highest BCUT2D eigenvalue weighted by Gasteiger charge is 2.10. The first-order valence-electron chi connectivity index (χ1n) is 3.17. The van der Waals surface area contributed by atoms with Crippen LogP contribution >= 0.6 is 0 Å². The van der Waals surface area contributed by atoms with E-state index in [1.807, 2.05) is 14.1 Å². The second-order valence-electron chi connectivity index (χ2n) is 2.66. The fourth-order valence-electron chi connectivity index (χ4n) is 0.766. The number of carbonyl (C=O) groups excluding carboxylic acids is 1. The van der Waals surface area contributed by atoms with Gasteiger partial charge in [0.2, 0.25) is 0 Å². The van der Waals surface area contributed by atoms with Crippen molar-refractivity contribution in [1.29, 1.82) is 0 Å². The molecule has 3 nitrogen and oxygen atoms in total. The molecule has 0 radical (unpaired) electrons. The summed E-state index contributed by atoms with van der Waals surface area (Å²) < 4.78 is 0.569. The summed E-state index contributed by atoms with van der Waals surface area (Å²) >= 11 is 0. The molecule has 0 aliphatic heterocycles. The molecule has 0 atom stereocenters. The molecule has 4 heteroatoms. The van der Waals surface area contributed by atoms with Gasteiger partial charge in [0.25, 0.3) is 6.41 Å². The molecule has 0 aliphatic carbocycles. The molecule has 62 valence electrons. The predicted molar refractivity (Wildman–Crippen MR) is 36.5 cm³/mol. The Hall–Kier alpha value is -0.280. The van der Waals surface area contributed by atoms with Crippen LogP contribution in [0.3, 0.4) is 0 Å². The molecule has 0 aromatic carbocycles. The van der Waals surface area contributed by atoms with Gasteiger partial charge in [-0.15, -0.1) is 0 Å². The van der Waals surface area contributed by atoms with E-state index in [0.717, 1.165) is 19.4 Å². The molecule has 0 heterocycles. The van der Waals surface area contributed by atoms with Crippen molar-refractivity contribution >= 4 is 6.41 Å². The first kappa shape index (κ1) is 12.4. The van der Waals surface area contributed by atoms with Crippen LogP contribution in [0.5, 0.6) is 0 Å². The molecule has 0 unspecified atom stereocenters. The summed E-state index contributed by atoms with van der Waals surface area (Å²) in [5, 5.41) is 0. The number of quaternary nitrogens is 1. The maximum Gasteiger partial charge on any atom is 0.252 e. The van der Waals surface area contributed by atoms with Gasteiger partial charge >= 0.3 is 0 Å². The zero-order valence-corrected chi connectivity index (χ0v) is 7.48. The van der Waals surface area contributed by atoms with Gasteiger partial charge in [0.15, 0.2) is 0 Å². The van der Waals surface area contributed by atoms with Crippen LogP contribution in [0.1, 0.15) is 13.3 Å². The van der Waals surface area contributed by atoms with E-state index in [1.165, 1.54) is 0 Å². The van der Waals surface area contributed by atoms with Crippen molar-refractivity contribution in [3.63, 3.8) is 0 Å². The minimum absolute atomic E-state index is 0. The van der Waals surface area contributed by atoms with Crippen molar-refractivity contribution in [3.8, 4) is 0 Å². The minimum Gasteiger partial charge on any atom is -1.00 e. The zero-order valence-electron chi connectivity index (χ0n) is 6.72. The SMILES string of the molecule is CCC[N+](C)(C)NC=O.[Cl-]. The van der Waals surface area contributed by atoms with Gasteiger partial charge in [-0.25, -0.2) is 10.0 Å². The van der Waals surface area contributed by atoms with Crippen molar-refractivity contribution in [1.82, 2.24) is 5.43 Å². The van der Waals surface area contributed by atoms with E-state index < -0.39 is 0 Å². The summed E-state index contributed by atoms with van der Waals surface area (Å²) in [6, 6.07) is 0. The molecular formula is C6H15ClN2O. The van der Waals surface area contributed by atoms with Crippen LogP contribution in [-0.4, -0.2) is 31.6 Å². The van der Waals surface area contributed by atoms with E-state index in [1.54, 1.807) is 0 Å². The van der Waals surface area contributed by atoms with Crippen LogP contribution in [-0.2, 0) is 4.79 Å². The molecule has 10 heavy (non-hydrogen) atoms. The third-order valence-electron chi connectivity index (χ3n) is 1.18. The van der Waals surface area contributed by atoms with Crippen molar-refractivity contribution in [2.45, 2.75) is 13.3 Å². The Labute approximate surface area is 68.4 Å². The standard InChI is InChI=1S/C6H14N2O.ClH/c1-4-5-8(2,3)7-6-9;/h6H,4-5H2,1-3H3;1H. The second-order valence-corrected chi connectivity index (χ2v) is 2.66. The van der Waals surface area contributed by atoms with Crippen LogP contribution < -0.4 is 17.8 Å². The Kier molecular flexibility index (Phi) is 6.82. The summed E-state index contributed by atoms with van der Waals surface area (Å²) in [5.41, 5.74) is 2.68. The topological polar surface area (TPSA) is 29.1 Å². The lowest BCUT2D eigenvalue weighted by Crippen LogP contribution is -3.00. The van der Waals surface area contributed by atoms with Gasteiger partial charge < -0.3 is 12.4 Å². The first-order chi connectivity index (χ1) is 4.12. The molecule has 0 aromatic rings. The lowest BCUT2D eigenvalue weighted by molar-refractivity contribution is -0.924. The van der Waals surface area contributed by atoms with E-state index in [2.05, 4.69) is 12.3 Å². The summed E-state index contributed by atoms with van der Waals surface area (Å²) in [7, 11) is 3.91. The molecule has 0 aliphatic rings. The predicted octanol–water partition coefficient (Wildman–Crippen LogP) is -2.86. The highest BCUT2D eigenvalue weighted by Crippen LogP contribution is 1.90. The van der Waals surface area contributed by atoms with Crippen LogP contribution in [0.25, 0.3) is 0 Å². The van der Waals surface area contributed by atoms with Crippen LogP contribution in [0.4, 0.5) is 0 Å². The number of hydrogen-bond acceptors (Lipinski definition) is 1. The van der Waals surface area contributed by atoms with Crippen LogP contribution in [0.2, 0.25) is 0 Å². The number of rotatable bonds is 4.